The number of aromatic amines is 1. The van der Waals surface area contributed by atoms with Crippen LogP contribution >= 0.6 is 0 Å². The van der Waals surface area contributed by atoms with Gasteiger partial charge in [0.15, 0.2) is 0 Å². The third-order valence-corrected chi connectivity index (χ3v) is 4.01. The Balaban J connectivity index is 1.97. The van der Waals surface area contributed by atoms with Crippen LogP contribution in [0, 0.1) is 17.2 Å². The first-order valence-electron chi connectivity index (χ1n) is 7.36. The Hall–Kier alpha value is -2.74. The largest absolute Gasteiger partial charge is 0.379 e. The first-order chi connectivity index (χ1) is 10.6. The van der Waals surface area contributed by atoms with Gasteiger partial charge in [0.1, 0.15) is 11.8 Å². The summed E-state index contributed by atoms with van der Waals surface area (Å²) in [7, 11) is 0. The minimum atomic E-state index is -0.110. The summed E-state index contributed by atoms with van der Waals surface area (Å²) in [6, 6.07) is 11.6. The van der Waals surface area contributed by atoms with Gasteiger partial charge in [0.05, 0.1) is 16.9 Å². The maximum absolute atomic E-state index is 12.8. The van der Waals surface area contributed by atoms with Gasteiger partial charge in [0.25, 0.3) is 5.91 Å². The van der Waals surface area contributed by atoms with Crippen molar-refractivity contribution in [2.75, 3.05) is 16.8 Å². The minimum Gasteiger partial charge on any atom is -0.379 e. The molecule has 22 heavy (non-hydrogen) atoms. The first-order valence-corrected chi connectivity index (χ1v) is 7.36. The number of carbonyl (C=O) groups is 1. The fourth-order valence-electron chi connectivity index (χ4n) is 2.67. The van der Waals surface area contributed by atoms with Crippen molar-refractivity contribution in [3.63, 3.8) is 0 Å². The molecular weight excluding hydrogens is 276 g/mol. The maximum Gasteiger partial charge on any atom is 0.274 e. The summed E-state index contributed by atoms with van der Waals surface area (Å²) in [5.41, 5.74) is 2.74. The van der Waals surface area contributed by atoms with Crippen LogP contribution in [0.15, 0.2) is 36.5 Å². The number of anilines is 2. The van der Waals surface area contributed by atoms with Gasteiger partial charge in [-0.2, -0.15) is 5.26 Å². The number of amides is 1. The molecule has 112 valence electrons. The lowest BCUT2D eigenvalue weighted by Crippen LogP contribution is -2.47. The highest BCUT2D eigenvalue weighted by atomic mass is 16.2. The molecule has 0 saturated carbocycles. The lowest BCUT2D eigenvalue weighted by molar-refractivity contribution is 0.0979. The number of rotatable bonds is 2. The van der Waals surface area contributed by atoms with Crippen LogP contribution in [0.2, 0.25) is 0 Å². The van der Waals surface area contributed by atoms with Crippen molar-refractivity contribution in [3.8, 4) is 6.07 Å². The predicted octanol–water partition coefficient (Wildman–Crippen LogP) is 2.98. The highest BCUT2D eigenvalue weighted by molar-refractivity contribution is 6.07. The molecule has 0 spiro atoms. The summed E-state index contributed by atoms with van der Waals surface area (Å²) in [5.74, 6) is 0.295. The van der Waals surface area contributed by atoms with E-state index in [0.717, 1.165) is 11.4 Å². The van der Waals surface area contributed by atoms with Crippen molar-refractivity contribution >= 4 is 17.3 Å². The first kappa shape index (κ1) is 14.2. The molecular formula is C17H18N4O. The number of benzene rings is 1. The number of H-pyrrole nitrogens is 1. The number of hydrogen-bond acceptors (Lipinski definition) is 3. The molecule has 5 nitrogen and oxygen atoms in total. The van der Waals surface area contributed by atoms with Gasteiger partial charge in [0.2, 0.25) is 0 Å². The maximum atomic E-state index is 12.8. The number of nitrogens with zero attached hydrogens (tertiary/aromatic N) is 2. The molecule has 1 amide bonds. The molecule has 1 atom stereocenters. The third-order valence-electron chi connectivity index (χ3n) is 4.01. The molecule has 0 saturated heterocycles. The summed E-state index contributed by atoms with van der Waals surface area (Å²) in [6.07, 6.45) is 1.56. The van der Waals surface area contributed by atoms with Crippen LogP contribution in [-0.2, 0) is 0 Å². The number of para-hydroxylation sites is 2. The van der Waals surface area contributed by atoms with Crippen LogP contribution in [0.25, 0.3) is 0 Å². The monoisotopic (exact) mass is 294 g/mol. The Bertz CT molecular complexity index is 741. The Morgan fingerprint density at radius 2 is 2.18 bits per heavy atom. The Morgan fingerprint density at radius 1 is 1.41 bits per heavy atom. The quantitative estimate of drug-likeness (QED) is 0.894. The molecule has 1 aromatic carbocycles. The molecule has 5 heteroatoms. The van der Waals surface area contributed by atoms with E-state index in [1.165, 1.54) is 0 Å². The molecule has 2 aromatic rings. The lowest BCUT2D eigenvalue weighted by Gasteiger charge is -2.37. The van der Waals surface area contributed by atoms with E-state index in [0.29, 0.717) is 23.7 Å². The van der Waals surface area contributed by atoms with Gasteiger partial charge in [0, 0.05) is 18.8 Å². The molecule has 0 bridgehead atoms. The zero-order valence-corrected chi connectivity index (χ0v) is 12.6. The van der Waals surface area contributed by atoms with Crippen molar-refractivity contribution < 1.29 is 4.79 Å². The fourth-order valence-corrected chi connectivity index (χ4v) is 2.67. The second kappa shape index (κ2) is 5.57. The molecule has 0 radical (unpaired) electrons. The lowest BCUT2D eigenvalue weighted by atomic mass is 9.99. The van der Waals surface area contributed by atoms with Crippen molar-refractivity contribution in [1.29, 1.82) is 5.26 Å². The second-order valence-electron chi connectivity index (χ2n) is 5.84. The van der Waals surface area contributed by atoms with E-state index in [4.69, 9.17) is 5.26 Å². The molecule has 3 rings (SSSR count). The summed E-state index contributed by atoms with van der Waals surface area (Å²) in [4.78, 5) is 17.5. The third kappa shape index (κ3) is 2.44. The number of nitriles is 1. The number of aromatic nitrogens is 1. The van der Waals surface area contributed by atoms with E-state index in [1.54, 1.807) is 17.2 Å². The van der Waals surface area contributed by atoms with Crippen LogP contribution < -0.4 is 10.2 Å². The van der Waals surface area contributed by atoms with Gasteiger partial charge in [-0.1, -0.05) is 26.0 Å². The minimum absolute atomic E-state index is 0.110. The summed E-state index contributed by atoms with van der Waals surface area (Å²) < 4.78 is 0. The van der Waals surface area contributed by atoms with Crippen LogP contribution in [-0.4, -0.2) is 23.5 Å². The van der Waals surface area contributed by atoms with Crippen LogP contribution in [0.1, 0.15) is 29.9 Å². The van der Waals surface area contributed by atoms with Crippen LogP contribution in [0.3, 0.4) is 0 Å². The number of carbonyl (C=O) groups excluding carboxylic acids is 1. The Morgan fingerprint density at radius 3 is 2.86 bits per heavy atom. The van der Waals surface area contributed by atoms with Gasteiger partial charge >= 0.3 is 0 Å². The molecule has 1 aliphatic heterocycles. The Labute approximate surface area is 129 Å². The van der Waals surface area contributed by atoms with E-state index >= 15 is 0 Å². The average molecular weight is 294 g/mol. The molecule has 1 unspecified atom stereocenters. The van der Waals surface area contributed by atoms with Gasteiger partial charge in [-0.25, -0.2) is 0 Å². The topological polar surface area (TPSA) is 71.9 Å². The highest BCUT2D eigenvalue weighted by Crippen LogP contribution is 2.33. The SMILES string of the molecule is CC(C)C1CN(C(=O)c2cc(C#N)c[nH]2)c2ccccc2N1. The predicted molar refractivity (Wildman–Crippen MR) is 85.9 cm³/mol. The van der Waals surface area contributed by atoms with Gasteiger partial charge in [-0.05, 0) is 24.1 Å². The van der Waals surface area contributed by atoms with Crippen molar-refractivity contribution in [3.05, 3.63) is 47.8 Å². The Kier molecular flexibility index (Phi) is 3.60. The molecule has 0 aliphatic carbocycles. The molecule has 1 aromatic heterocycles. The van der Waals surface area contributed by atoms with Gasteiger partial charge < -0.3 is 15.2 Å². The fraction of sp³-hybridized carbons (Fsp3) is 0.294. The van der Waals surface area contributed by atoms with Crippen LogP contribution in [0.4, 0.5) is 11.4 Å². The number of fused-ring (bicyclic) bond motifs is 1. The van der Waals surface area contributed by atoms with Gasteiger partial charge in [-0.3, -0.25) is 4.79 Å². The van der Waals surface area contributed by atoms with E-state index in [-0.39, 0.29) is 11.9 Å². The zero-order chi connectivity index (χ0) is 15.7. The van der Waals surface area contributed by atoms with Crippen molar-refractivity contribution in [1.82, 2.24) is 4.98 Å². The number of nitrogens with one attached hydrogen (secondary N) is 2. The van der Waals surface area contributed by atoms with E-state index in [1.807, 2.05) is 30.3 Å². The standard InChI is InChI=1S/C17H18N4O/c1-11(2)15-10-21(16-6-4-3-5-13(16)20-15)17(22)14-7-12(8-18)9-19-14/h3-7,9,11,15,19-20H,10H2,1-2H3. The molecule has 1 aliphatic rings. The normalized spacial score (nSPS) is 16.8. The van der Waals surface area contributed by atoms with E-state index in [9.17, 15) is 4.79 Å². The van der Waals surface area contributed by atoms with Crippen molar-refractivity contribution in [2.24, 2.45) is 5.92 Å². The molecule has 0 fully saturated rings. The number of hydrogen-bond donors (Lipinski definition) is 2. The molecule has 2 N–H and O–H groups in total. The summed E-state index contributed by atoms with van der Waals surface area (Å²) >= 11 is 0. The van der Waals surface area contributed by atoms with Crippen molar-refractivity contribution in [2.45, 2.75) is 19.9 Å². The smallest absolute Gasteiger partial charge is 0.274 e. The van der Waals surface area contributed by atoms with E-state index < -0.39 is 0 Å². The van der Waals surface area contributed by atoms with Gasteiger partial charge in [-0.15, -0.1) is 0 Å². The second-order valence-corrected chi connectivity index (χ2v) is 5.84. The zero-order valence-electron chi connectivity index (χ0n) is 12.6. The highest BCUT2D eigenvalue weighted by Gasteiger charge is 2.30. The average Bonchev–Trinajstić information content (AvgIpc) is 3.02. The van der Waals surface area contributed by atoms with Crippen LogP contribution in [0.5, 0.6) is 0 Å². The van der Waals surface area contributed by atoms with E-state index in [2.05, 4.69) is 24.1 Å². The molecule has 2 heterocycles. The summed E-state index contributed by atoms with van der Waals surface area (Å²) in [5, 5.41) is 12.4. The summed E-state index contributed by atoms with van der Waals surface area (Å²) in [6.45, 7) is 4.88.